The van der Waals surface area contributed by atoms with Crippen LogP contribution in [0.3, 0.4) is 0 Å². The first-order valence-corrected chi connectivity index (χ1v) is 11.5. The summed E-state index contributed by atoms with van der Waals surface area (Å²) in [4.78, 5) is 25.4. The van der Waals surface area contributed by atoms with Gasteiger partial charge in [-0.2, -0.15) is 18.2 Å². The molecule has 7 nitrogen and oxygen atoms in total. The van der Waals surface area contributed by atoms with Gasteiger partial charge in [-0.3, -0.25) is 14.7 Å². The molecule has 190 valence electrons. The van der Waals surface area contributed by atoms with Gasteiger partial charge in [-0.25, -0.2) is 4.39 Å². The van der Waals surface area contributed by atoms with Gasteiger partial charge in [0.1, 0.15) is 11.5 Å². The number of aromatic nitrogens is 3. The van der Waals surface area contributed by atoms with Gasteiger partial charge < -0.3 is 9.42 Å². The van der Waals surface area contributed by atoms with Crippen LogP contribution in [0.25, 0.3) is 23.0 Å². The fourth-order valence-electron chi connectivity index (χ4n) is 4.04. The second-order valence-electron chi connectivity index (χ2n) is 8.63. The number of hydrogen-bond donors (Lipinski definition) is 0. The van der Waals surface area contributed by atoms with Gasteiger partial charge in [0.2, 0.25) is 5.82 Å². The topological polar surface area (TPSA) is 75.4 Å². The number of benzene rings is 2. The molecular formula is C26H21F4N5O2. The molecule has 3 heterocycles. The van der Waals surface area contributed by atoms with E-state index in [1.165, 1.54) is 30.5 Å². The summed E-state index contributed by atoms with van der Waals surface area (Å²) in [6.45, 7) is 3.20. The molecule has 11 heteroatoms. The zero-order valence-electron chi connectivity index (χ0n) is 19.5. The second-order valence-corrected chi connectivity index (χ2v) is 8.63. The van der Waals surface area contributed by atoms with Gasteiger partial charge in [0.15, 0.2) is 0 Å². The second kappa shape index (κ2) is 10.1. The summed E-state index contributed by atoms with van der Waals surface area (Å²) >= 11 is 0. The summed E-state index contributed by atoms with van der Waals surface area (Å²) in [6, 6.07) is 14.0. The number of rotatable bonds is 5. The Labute approximate surface area is 209 Å². The number of halogens is 4. The van der Waals surface area contributed by atoms with Gasteiger partial charge in [0, 0.05) is 44.5 Å². The van der Waals surface area contributed by atoms with E-state index in [-0.39, 0.29) is 23.4 Å². The van der Waals surface area contributed by atoms with Crippen molar-refractivity contribution in [1.82, 2.24) is 24.9 Å². The van der Waals surface area contributed by atoms with Crippen LogP contribution in [-0.2, 0) is 12.7 Å². The van der Waals surface area contributed by atoms with Crippen molar-refractivity contribution in [3.8, 4) is 23.0 Å². The van der Waals surface area contributed by atoms with Crippen LogP contribution in [-0.4, -0.2) is 57.0 Å². The maximum Gasteiger partial charge on any atom is 0.416 e. The van der Waals surface area contributed by atoms with Crippen LogP contribution in [0.5, 0.6) is 0 Å². The Morgan fingerprint density at radius 3 is 2.24 bits per heavy atom. The van der Waals surface area contributed by atoms with Crippen molar-refractivity contribution in [3.05, 3.63) is 89.4 Å². The molecule has 1 amide bonds. The maximum absolute atomic E-state index is 13.1. The number of amides is 1. The van der Waals surface area contributed by atoms with Crippen molar-refractivity contribution < 1.29 is 26.9 Å². The molecule has 1 aliphatic rings. The van der Waals surface area contributed by atoms with Gasteiger partial charge in [-0.05, 0) is 42.0 Å². The molecule has 5 rings (SSSR count). The van der Waals surface area contributed by atoms with Gasteiger partial charge in [0.05, 0.1) is 11.1 Å². The summed E-state index contributed by atoms with van der Waals surface area (Å²) in [7, 11) is 0. The van der Waals surface area contributed by atoms with Crippen LogP contribution in [0.4, 0.5) is 17.6 Å². The third-order valence-corrected chi connectivity index (χ3v) is 6.10. The molecule has 0 aliphatic carbocycles. The lowest BCUT2D eigenvalue weighted by Gasteiger charge is -2.34. The average molecular weight is 511 g/mol. The van der Waals surface area contributed by atoms with Crippen molar-refractivity contribution in [3.63, 3.8) is 0 Å². The Morgan fingerprint density at radius 2 is 1.62 bits per heavy atom. The van der Waals surface area contributed by atoms with Crippen molar-refractivity contribution in [2.45, 2.75) is 12.7 Å². The number of pyridine rings is 1. The molecule has 2 aromatic carbocycles. The minimum Gasteiger partial charge on any atom is -0.336 e. The van der Waals surface area contributed by atoms with Gasteiger partial charge >= 0.3 is 6.18 Å². The van der Waals surface area contributed by atoms with Crippen molar-refractivity contribution >= 4 is 5.91 Å². The maximum atomic E-state index is 13.1. The lowest BCUT2D eigenvalue weighted by Crippen LogP contribution is -2.48. The molecule has 37 heavy (non-hydrogen) atoms. The van der Waals surface area contributed by atoms with Gasteiger partial charge in [0.25, 0.3) is 11.8 Å². The highest BCUT2D eigenvalue weighted by atomic mass is 19.4. The molecule has 4 aromatic rings. The summed E-state index contributed by atoms with van der Waals surface area (Å²) in [5.41, 5.74) is 1.37. The Morgan fingerprint density at radius 1 is 0.919 bits per heavy atom. The number of hydrogen-bond acceptors (Lipinski definition) is 6. The van der Waals surface area contributed by atoms with E-state index in [0.29, 0.717) is 49.5 Å². The molecule has 0 spiro atoms. The Hall–Kier alpha value is -4.12. The summed E-state index contributed by atoms with van der Waals surface area (Å²) < 4.78 is 56.6. The highest BCUT2D eigenvalue weighted by Gasteiger charge is 2.30. The Bertz CT molecular complexity index is 1360. The number of carbonyl (C=O) groups is 1. The standard InChI is InChI=1S/C26H21F4N5O2/c27-21-8-1-17(2-9-21)16-34-11-13-35(14-12-34)25(36)19-5-10-22(31-15-19)24-32-23(33-37-24)18-3-6-20(7-4-18)26(28,29)30/h1-10,15H,11-14,16H2. The molecule has 0 N–H and O–H groups in total. The monoisotopic (exact) mass is 511 g/mol. The van der Waals surface area contributed by atoms with E-state index >= 15 is 0 Å². The summed E-state index contributed by atoms with van der Waals surface area (Å²) in [6.07, 6.45) is -2.99. The smallest absolute Gasteiger partial charge is 0.336 e. The van der Waals surface area contributed by atoms with E-state index in [1.807, 2.05) is 0 Å². The predicted molar refractivity (Wildman–Crippen MR) is 126 cm³/mol. The molecular weight excluding hydrogens is 490 g/mol. The van der Waals surface area contributed by atoms with E-state index in [1.54, 1.807) is 29.2 Å². The van der Waals surface area contributed by atoms with Crippen molar-refractivity contribution in [2.75, 3.05) is 26.2 Å². The molecule has 2 aromatic heterocycles. The largest absolute Gasteiger partial charge is 0.416 e. The molecule has 0 radical (unpaired) electrons. The lowest BCUT2D eigenvalue weighted by molar-refractivity contribution is -0.137. The fourth-order valence-corrected chi connectivity index (χ4v) is 4.04. The molecule has 1 fully saturated rings. The SMILES string of the molecule is O=C(c1ccc(-c2nc(-c3ccc(C(F)(F)F)cc3)no2)nc1)N1CCN(Cc2ccc(F)cc2)CC1. The molecule has 0 atom stereocenters. The van der Waals surface area contributed by atoms with Gasteiger partial charge in [-0.1, -0.05) is 29.4 Å². The molecule has 0 saturated carbocycles. The highest BCUT2D eigenvalue weighted by molar-refractivity contribution is 5.94. The van der Waals surface area contributed by atoms with Crippen LogP contribution >= 0.6 is 0 Å². The normalized spacial score (nSPS) is 14.6. The molecule has 1 saturated heterocycles. The lowest BCUT2D eigenvalue weighted by atomic mass is 10.1. The first-order chi connectivity index (χ1) is 17.8. The van der Waals surface area contributed by atoms with Crippen LogP contribution < -0.4 is 0 Å². The minimum atomic E-state index is -4.43. The third kappa shape index (κ3) is 5.67. The fraction of sp³-hybridized carbons (Fsp3) is 0.231. The van der Waals surface area contributed by atoms with E-state index < -0.39 is 11.7 Å². The zero-order valence-corrected chi connectivity index (χ0v) is 19.5. The van der Waals surface area contributed by atoms with E-state index in [0.717, 1.165) is 17.7 Å². The van der Waals surface area contributed by atoms with Gasteiger partial charge in [-0.15, -0.1) is 0 Å². The summed E-state index contributed by atoms with van der Waals surface area (Å²) in [5, 5.41) is 3.82. The first kappa shape index (κ1) is 24.6. The quantitative estimate of drug-likeness (QED) is 0.355. The van der Waals surface area contributed by atoms with E-state index in [9.17, 15) is 22.4 Å². The predicted octanol–water partition coefficient (Wildman–Crippen LogP) is 4.91. The zero-order chi connectivity index (χ0) is 26.0. The number of piperazine rings is 1. The van der Waals surface area contributed by atoms with Crippen molar-refractivity contribution in [2.24, 2.45) is 0 Å². The van der Waals surface area contributed by atoms with Crippen LogP contribution in [0, 0.1) is 5.82 Å². The number of nitrogens with zero attached hydrogens (tertiary/aromatic N) is 5. The molecule has 0 bridgehead atoms. The Kier molecular flexibility index (Phi) is 6.70. The first-order valence-electron chi connectivity index (χ1n) is 11.5. The highest BCUT2D eigenvalue weighted by Crippen LogP contribution is 2.30. The van der Waals surface area contributed by atoms with Crippen molar-refractivity contribution in [1.29, 1.82) is 0 Å². The number of alkyl halides is 3. The van der Waals surface area contributed by atoms with Crippen LogP contribution in [0.1, 0.15) is 21.5 Å². The minimum absolute atomic E-state index is 0.0864. The molecule has 0 unspecified atom stereocenters. The Balaban J connectivity index is 1.19. The molecule has 1 aliphatic heterocycles. The van der Waals surface area contributed by atoms with E-state index in [2.05, 4.69) is 20.0 Å². The number of carbonyl (C=O) groups excluding carboxylic acids is 1. The van der Waals surface area contributed by atoms with Crippen LogP contribution in [0.2, 0.25) is 0 Å². The van der Waals surface area contributed by atoms with Crippen LogP contribution in [0.15, 0.2) is 71.4 Å². The third-order valence-electron chi connectivity index (χ3n) is 6.10. The van der Waals surface area contributed by atoms with E-state index in [4.69, 9.17) is 4.52 Å². The average Bonchev–Trinajstić information content (AvgIpc) is 3.40. The summed E-state index contributed by atoms with van der Waals surface area (Å²) in [5.74, 6) is -0.193.